The highest BCUT2D eigenvalue weighted by Gasteiger charge is 2.38. The van der Waals surface area contributed by atoms with Gasteiger partial charge in [0, 0.05) is 6.54 Å². The first-order valence-corrected chi connectivity index (χ1v) is 5.77. The Bertz CT molecular complexity index is 393. The summed E-state index contributed by atoms with van der Waals surface area (Å²) in [6.45, 7) is 0.582. The fraction of sp³-hybridized carbons (Fsp3) is 0.300. The van der Waals surface area contributed by atoms with E-state index in [1.807, 2.05) is 6.07 Å². The molecule has 0 aliphatic carbocycles. The number of carboxylic acids is 1. The summed E-state index contributed by atoms with van der Waals surface area (Å²) in [6, 6.07) is 8.32. The Balaban J connectivity index is 2.13. The lowest BCUT2D eigenvalue weighted by atomic mass is 10.1. The molecule has 1 fully saturated rings. The molecule has 4 nitrogen and oxygen atoms in total. The van der Waals surface area contributed by atoms with Crippen LogP contribution < -0.4 is 0 Å². The van der Waals surface area contributed by atoms with E-state index < -0.39 is 23.0 Å². The predicted molar refractivity (Wildman–Crippen MR) is 55.6 cm³/mol. The van der Waals surface area contributed by atoms with Gasteiger partial charge in [-0.3, -0.25) is 4.79 Å². The number of carboxylic acid groups (broad SMARTS) is 1. The number of hydrogen-bond acceptors (Lipinski definition) is 2. The van der Waals surface area contributed by atoms with Crippen LogP contribution in [0.15, 0.2) is 35.2 Å². The highest BCUT2D eigenvalue weighted by atomic mass is 32.2. The number of rotatable bonds is 3. The van der Waals surface area contributed by atoms with Crippen molar-refractivity contribution in [2.45, 2.75) is 17.4 Å². The highest BCUT2D eigenvalue weighted by Crippen LogP contribution is 2.23. The molecule has 0 radical (unpaired) electrons. The van der Waals surface area contributed by atoms with Gasteiger partial charge in [-0.05, 0) is 18.6 Å². The predicted octanol–water partition coefficient (Wildman–Crippen LogP) is 0.868. The Labute approximate surface area is 90.1 Å². The lowest BCUT2D eigenvalue weighted by molar-refractivity contribution is -0.144. The average Bonchev–Trinajstić information content (AvgIpc) is 2.16. The van der Waals surface area contributed by atoms with E-state index in [0.29, 0.717) is 17.9 Å². The third-order valence-corrected chi connectivity index (χ3v) is 3.95. The summed E-state index contributed by atoms with van der Waals surface area (Å²) in [7, 11) is -1.34. The Morgan fingerprint density at radius 1 is 1.40 bits per heavy atom. The average molecular weight is 225 g/mol. The van der Waals surface area contributed by atoms with E-state index in [-0.39, 0.29) is 0 Å². The third-order valence-electron chi connectivity index (χ3n) is 2.41. The summed E-state index contributed by atoms with van der Waals surface area (Å²) in [5, 5.41) is 8.82. The molecule has 0 saturated carbocycles. The van der Waals surface area contributed by atoms with Gasteiger partial charge in [-0.25, -0.2) is 8.51 Å². The maximum absolute atomic E-state index is 11.9. The smallest absolute Gasteiger partial charge is 0.321 e. The van der Waals surface area contributed by atoms with Crippen molar-refractivity contribution in [2.75, 3.05) is 6.54 Å². The molecule has 1 aliphatic rings. The van der Waals surface area contributed by atoms with Crippen LogP contribution in [0.3, 0.4) is 0 Å². The number of nitrogens with zero attached hydrogens (tertiary/aromatic N) is 1. The van der Waals surface area contributed by atoms with Crippen LogP contribution in [0.25, 0.3) is 0 Å². The number of carbonyl (C=O) groups is 1. The van der Waals surface area contributed by atoms with Gasteiger partial charge in [0.05, 0.1) is 4.90 Å². The summed E-state index contributed by atoms with van der Waals surface area (Å²) >= 11 is 0. The standard InChI is InChI=1S/C10H11NO3S/c12-10(13)9-6-7-11(9)15(14)8-4-2-1-3-5-8/h1-5,9H,6-7H2,(H,12,13). The minimum Gasteiger partial charge on any atom is -0.480 e. The normalized spacial score (nSPS) is 23.1. The van der Waals surface area contributed by atoms with E-state index in [2.05, 4.69) is 0 Å². The van der Waals surface area contributed by atoms with E-state index in [0.717, 1.165) is 0 Å². The fourth-order valence-electron chi connectivity index (χ4n) is 1.48. The van der Waals surface area contributed by atoms with Crippen molar-refractivity contribution >= 4 is 17.0 Å². The second-order valence-corrected chi connectivity index (χ2v) is 4.78. The van der Waals surface area contributed by atoms with Crippen molar-refractivity contribution in [1.29, 1.82) is 0 Å². The van der Waals surface area contributed by atoms with Gasteiger partial charge in [0.15, 0.2) is 0 Å². The summed E-state index contributed by atoms with van der Waals surface area (Å²) in [6.07, 6.45) is 0.577. The minimum absolute atomic E-state index is 0.577. The first-order chi connectivity index (χ1) is 7.20. The molecule has 0 bridgehead atoms. The molecule has 0 aromatic heterocycles. The van der Waals surface area contributed by atoms with Gasteiger partial charge in [-0.15, -0.1) is 0 Å². The van der Waals surface area contributed by atoms with Crippen LogP contribution in [-0.2, 0) is 15.8 Å². The molecular formula is C10H11NO3S. The maximum atomic E-state index is 11.9. The van der Waals surface area contributed by atoms with Crippen LogP contribution >= 0.6 is 0 Å². The largest absolute Gasteiger partial charge is 0.480 e. The van der Waals surface area contributed by atoms with Gasteiger partial charge in [0.2, 0.25) is 0 Å². The molecule has 0 spiro atoms. The van der Waals surface area contributed by atoms with Crippen LogP contribution in [0, 0.1) is 0 Å². The molecule has 2 unspecified atom stereocenters. The van der Waals surface area contributed by atoms with Crippen LogP contribution in [0.4, 0.5) is 0 Å². The molecule has 2 atom stereocenters. The monoisotopic (exact) mass is 225 g/mol. The van der Waals surface area contributed by atoms with E-state index in [9.17, 15) is 9.00 Å². The van der Waals surface area contributed by atoms with Gasteiger partial charge in [-0.2, -0.15) is 0 Å². The topological polar surface area (TPSA) is 57.6 Å². The quantitative estimate of drug-likeness (QED) is 0.830. The molecule has 1 aromatic carbocycles. The number of aliphatic carboxylic acids is 1. The van der Waals surface area contributed by atoms with Crippen molar-refractivity contribution in [2.24, 2.45) is 0 Å². The second kappa shape index (κ2) is 4.12. The number of benzene rings is 1. The maximum Gasteiger partial charge on any atom is 0.321 e. The number of hydrogen-bond donors (Lipinski definition) is 1. The minimum atomic E-state index is -1.34. The van der Waals surface area contributed by atoms with Crippen molar-refractivity contribution < 1.29 is 14.1 Å². The second-order valence-electron chi connectivity index (χ2n) is 3.35. The van der Waals surface area contributed by atoms with Gasteiger partial charge in [-0.1, -0.05) is 18.2 Å². The van der Waals surface area contributed by atoms with Crippen molar-refractivity contribution in [3.8, 4) is 0 Å². The molecule has 80 valence electrons. The lowest BCUT2D eigenvalue weighted by Crippen LogP contribution is -2.52. The Morgan fingerprint density at radius 3 is 2.53 bits per heavy atom. The van der Waals surface area contributed by atoms with Gasteiger partial charge in [0.25, 0.3) is 0 Å². The Hall–Kier alpha value is -1.20. The molecular weight excluding hydrogens is 214 g/mol. The molecule has 1 aliphatic heterocycles. The SMILES string of the molecule is O=C(O)C1CCN1S(=O)c1ccccc1. The molecule has 1 N–H and O–H groups in total. The summed E-state index contributed by atoms with van der Waals surface area (Å²) in [5.74, 6) is -0.898. The van der Waals surface area contributed by atoms with E-state index in [1.165, 1.54) is 4.31 Å². The molecule has 2 rings (SSSR count). The highest BCUT2D eigenvalue weighted by molar-refractivity contribution is 7.82. The molecule has 1 aromatic rings. The van der Waals surface area contributed by atoms with Crippen LogP contribution in [0.1, 0.15) is 6.42 Å². The van der Waals surface area contributed by atoms with Gasteiger partial charge in [0.1, 0.15) is 17.0 Å². The van der Waals surface area contributed by atoms with Crippen LogP contribution in [0.5, 0.6) is 0 Å². The molecule has 0 amide bonds. The first kappa shape index (κ1) is 10.3. The fourth-order valence-corrected chi connectivity index (χ4v) is 2.84. The third kappa shape index (κ3) is 1.93. The summed E-state index contributed by atoms with van der Waals surface area (Å²) < 4.78 is 13.4. The Morgan fingerprint density at radius 2 is 2.07 bits per heavy atom. The molecule has 1 saturated heterocycles. The summed E-state index contributed by atoms with van der Waals surface area (Å²) in [5.41, 5.74) is 0. The van der Waals surface area contributed by atoms with Crippen molar-refractivity contribution in [1.82, 2.24) is 4.31 Å². The molecule has 1 heterocycles. The summed E-state index contributed by atoms with van der Waals surface area (Å²) in [4.78, 5) is 11.4. The van der Waals surface area contributed by atoms with Crippen LogP contribution in [0.2, 0.25) is 0 Å². The molecule has 5 heteroatoms. The van der Waals surface area contributed by atoms with Crippen LogP contribution in [-0.4, -0.2) is 32.2 Å². The molecule has 15 heavy (non-hydrogen) atoms. The zero-order valence-electron chi connectivity index (χ0n) is 8.00. The van der Waals surface area contributed by atoms with Crippen molar-refractivity contribution in [3.05, 3.63) is 30.3 Å². The Kier molecular flexibility index (Phi) is 2.83. The van der Waals surface area contributed by atoms with E-state index in [1.54, 1.807) is 24.3 Å². The van der Waals surface area contributed by atoms with E-state index in [4.69, 9.17) is 5.11 Å². The first-order valence-electron chi connectivity index (χ1n) is 4.66. The lowest BCUT2D eigenvalue weighted by Gasteiger charge is -2.36. The van der Waals surface area contributed by atoms with Gasteiger partial charge >= 0.3 is 5.97 Å². The van der Waals surface area contributed by atoms with Crippen molar-refractivity contribution in [3.63, 3.8) is 0 Å². The van der Waals surface area contributed by atoms with Gasteiger partial charge < -0.3 is 5.11 Å². The zero-order valence-corrected chi connectivity index (χ0v) is 8.81. The van der Waals surface area contributed by atoms with E-state index >= 15 is 0 Å². The zero-order chi connectivity index (χ0) is 10.8.